The van der Waals surface area contributed by atoms with Crippen molar-refractivity contribution in [2.45, 2.75) is 0 Å². The van der Waals surface area contributed by atoms with Crippen molar-refractivity contribution in [3.8, 4) is 0 Å². The molecule has 5 nitrogen and oxygen atoms in total. The third-order valence-corrected chi connectivity index (χ3v) is 3.75. The first-order valence-corrected chi connectivity index (χ1v) is 8.32. The number of anilines is 1. The molecule has 2 rings (SSSR count). The van der Waals surface area contributed by atoms with Gasteiger partial charge in [-0.2, -0.15) is 0 Å². The minimum Gasteiger partial charge on any atom is -0.478 e. The fourth-order valence-corrected chi connectivity index (χ4v) is 2.61. The molecule has 1 amide bonds. The SMILES string of the molecule is O=C(O)/C=C/c1cccc(NC(=S)NC(=O)c2cccc(I)c2)c1. The highest BCUT2D eigenvalue weighted by Gasteiger charge is 2.08. The molecule has 0 aliphatic heterocycles. The van der Waals surface area contributed by atoms with Crippen LogP contribution >= 0.6 is 34.8 Å². The number of carboxylic acids is 1. The van der Waals surface area contributed by atoms with Gasteiger partial charge in [0.25, 0.3) is 5.91 Å². The largest absolute Gasteiger partial charge is 0.478 e. The van der Waals surface area contributed by atoms with E-state index in [4.69, 9.17) is 17.3 Å². The maximum Gasteiger partial charge on any atom is 0.328 e. The monoisotopic (exact) mass is 452 g/mol. The smallest absolute Gasteiger partial charge is 0.328 e. The second-order valence-electron chi connectivity index (χ2n) is 4.72. The van der Waals surface area contributed by atoms with E-state index in [-0.39, 0.29) is 11.0 Å². The number of aliphatic carboxylic acids is 1. The Balaban J connectivity index is 2.01. The normalized spacial score (nSPS) is 10.4. The summed E-state index contributed by atoms with van der Waals surface area (Å²) in [6.07, 6.45) is 2.53. The second kappa shape index (κ2) is 8.55. The number of hydrogen-bond acceptors (Lipinski definition) is 3. The summed E-state index contributed by atoms with van der Waals surface area (Å²) in [6.45, 7) is 0. The standard InChI is InChI=1S/C17H13IN2O3S/c18-13-5-2-4-12(10-13)16(23)20-17(24)19-14-6-1-3-11(9-14)7-8-15(21)22/h1-10H,(H,21,22)(H2,19,20,23,24)/b8-7+. The van der Waals surface area contributed by atoms with Crippen molar-refractivity contribution in [1.82, 2.24) is 5.32 Å². The zero-order valence-corrected chi connectivity index (χ0v) is 15.3. The average molecular weight is 452 g/mol. The van der Waals surface area contributed by atoms with E-state index in [2.05, 4.69) is 33.2 Å². The molecular formula is C17H13IN2O3S. The van der Waals surface area contributed by atoms with Gasteiger partial charge in [-0.25, -0.2) is 4.79 Å². The minimum atomic E-state index is -1.02. The molecule has 122 valence electrons. The van der Waals surface area contributed by atoms with Gasteiger partial charge in [-0.05, 0) is 76.8 Å². The summed E-state index contributed by atoms with van der Waals surface area (Å²) in [5.74, 6) is -1.32. The highest BCUT2D eigenvalue weighted by atomic mass is 127. The van der Waals surface area contributed by atoms with Crippen molar-refractivity contribution in [3.63, 3.8) is 0 Å². The van der Waals surface area contributed by atoms with Gasteiger partial charge in [-0.3, -0.25) is 10.1 Å². The van der Waals surface area contributed by atoms with Gasteiger partial charge in [0.05, 0.1) is 0 Å². The molecule has 0 bridgehead atoms. The number of carbonyl (C=O) groups excluding carboxylic acids is 1. The Kier molecular flexibility index (Phi) is 6.44. The number of carboxylic acid groups (broad SMARTS) is 1. The van der Waals surface area contributed by atoms with E-state index in [0.29, 0.717) is 16.8 Å². The van der Waals surface area contributed by atoms with E-state index in [9.17, 15) is 9.59 Å². The quantitative estimate of drug-likeness (QED) is 0.376. The highest BCUT2D eigenvalue weighted by Crippen LogP contribution is 2.12. The van der Waals surface area contributed by atoms with Crippen LogP contribution in [-0.2, 0) is 4.79 Å². The van der Waals surface area contributed by atoms with Gasteiger partial charge in [-0.15, -0.1) is 0 Å². The molecular weight excluding hydrogens is 439 g/mol. The van der Waals surface area contributed by atoms with Gasteiger partial charge < -0.3 is 10.4 Å². The third-order valence-electron chi connectivity index (χ3n) is 2.88. The van der Waals surface area contributed by atoms with E-state index in [1.54, 1.807) is 42.5 Å². The van der Waals surface area contributed by atoms with Crippen LogP contribution in [0.4, 0.5) is 5.69 Å². The highest BCUT2D eigenvalue weighted by molar-refractivity contribution is 14.1. The molecule has 0 aromatic heterocycles. The number of benzene rings is 2. The van der Waals surface area contributed by atoms with Gasteiger partial charge in [0, 0.05) is 20.9 Å². The molecule has 0 spiro atoms. The molecule has 0 saturated heterocycles. The number of nitrogens with one attached hydrogen (secondary N) is 2. The summed E-state index contributed by atoms with van der Waals surface area (Å²) in [5, 5.41) is 14.3. The van der Waals surface area contributed by atoms with Gasteiger partial charge in [0.2, 0.25) is 0 Å². The molecule has 2 aromatic rings. The first-order chi connectivity index (χ1) is 11.4. The summed E-state index contributed by atoms with van der Waals surface area (Å²) >= 11 is 7.27. The maximum absolute atomic E-state index is 12.1. The van der Waals surface area contributed by atoms with E-state index in [1.807, 2.05) is 6.07 Å². The van der Waals surface area contributed by atoms with Crippen LogP contribution in [0.25, 0.3) is 6.08 Å². The Morgan fingerprint density at radius 3 is 2.58 bits per heavy atom. The average Bonchev–Trinajstić information content (AvgIpc) is 2.53. The van der Waals surface area contributed by atoms with Gasteiger partial charge in [0.1, 0.15) is 0 Å². The number of amides is 1. The number of carbonyl (C=O) groups is 2. The molecule has 0 heterocycles. The van der Waals surface area contributed by atoms with Crippen LogP contribution in [0.2, 0.25) is 0 Å². The fourth-order valence-electron chi connectivity index (χ4n) is 1.85. The van der Waals surface area contributed by atoms with Crippen LogP contribution < -0.4 is 10.6 Å². The lowest BCUT2D eigenvalue weighted by Gasteiger charge is -2.10. The number of hydrogen-bond donors (Lipinski definition) is 3. The minimum absolute atomic E-state index is 0.165. The number of thiocarbonyl (C=S) groups is 1. The lowest BCUT2D eigenvalue weighted by molar-refractivity contribution is -0.131. The molecule has 0 aliphatic rings. The molecule has 7 heteroatoms. The molecule has 3 N–H and O–H groups in total. The molecule has 0 saturated carbocycles. The molecule has 0 atom stereocenters. The van der Waals surface area contributed by atoms with Crippen molar-refractivity contribution >= 4 is 63.6 Å². The van der Waals surface area contributed by atoms with E-state index in [1.165, 1.54) is 6.08 Å². The zero-order chi connectivity index (χ0) is 17.5. The number of halogens is 1. The van der Waals surface area contributed by atoms with Crippen molar-refractivity contribution in [1.29, 1.82) is 0 Å². The Bertz CT molecular complexity index is 821. The first kappa shape index (κ1) is 18.1. The number of rotatable bonds is 4. The molecule has 2 aromatic carbocycles. The van der Waals surface area contributed by atoms with E-state index >= 15 is 0 Å². The van der Waals surface area contributed by atoms with Crippen LogP contribution in [0.5, 0.6) is 0 Å². The summed E-state index contributed by atoms with van der Waals surface area (Å²) in [7, 11) is 0. The van der Waals surface area contributed by atoms with Crippen molar-refractivity contribution in [2.24, 2.45) is 0 Å². The summed E-state index contributed by atoms with van der Waals surface area (Å²) in [5.41, 5.74) is 1.87. The summed E-state index contributed by atoms with van der Waals surface area (Å²) in [6, 6.07) is 14.2. The molecule has 0 fully saturated rings. The van der Waals surface area contributed by atoms with Gasteiger partial charge in [0.15, 0.2) is 5.11 Å². The summed E-state index contributed by atoms with van der Waals surface area (Å²) < 4.78 is 0.956. The molecule has 0 radical (unpaired) electrons. The zero-order valence-electron chi connectivity index (χ0n) is 12.3. The van der Waals surface area contributed by atoms with E-state index < -0.39 is 5.97 Å². The Morgan fingerprint density at radius 2 is 1.88 bits per heavy atom. The summed E-state index contributed by atoms with van der Waals surface area (Å²) in [4.78, 5) is 22.7. The van der Waals surface area contributed by atoms with Crippen molar-refractivity contribution < 1.29 is 14.7 Å². The lowest BCUT2D eigenvalue weighted by Crippen LogP contribution is -2.34. The Morgan fingerprint density at radius 1 is 1.12 bits per heavy atom. The van der Waals surface area contributed by atoms with Gasteiger partial charge >= 0.3 is 5.97 Å². The maximum atomic E-state index is 12.1. The van der Waals surface area contributed by atoms with Crippen molar-refractivity contribution in [3.05, 3.63) is 69.3 Å². The molecule has 0 unspecified atom stereocenters. The van der Waals surface area contributed by atoms with E-state index in [0.717, 1.165) is 9.65 Å². The van der Waals surface area contributed by atoms with Crippen LogP contribution in [0.1, 0.15) is 15.9 Å². The predicted octanol–water partition coefficient (Wildman–Crippen LogP) is 3.52. The van der Waals surface area contributed by atoms with Crippen LogP contribution in [-0.4, -0.2) is 22.1 Å². The fraction of sp³-hybridized carbons (Fsp3) is 0. The Hall–Kier alpha value is -2.26. The topological polar surface area (TPSA) is 78.4 Å². The predicted molar refractivity (Wildman–Crippen MR) is 106 cm³/mol. The molecule has 24 heavy (non-hydrogen) atoms. The third kappa shape index (κ3) is 5.74. The van der Waals surface area contributed by atoms with Crippen LogP contribution in [0, 0.1) is 3.57 Å². The van der Waals surface area contributed by atoms with Crippen molar-refractivity contribution in [2.75, 3.05) is 5.32 Å². The Labute approximate surface area is 157 Å². The molecule has 0 aliphatic carbocycles. The van der Waals surface area contributed by atoms with Gasteiger partial charge in [-0.1, -0.05) is 18.2 Å². The van der Waals surface area contributed by atoms with Crippen LogP contribution in [0.3, 0.4) is 0 Å². The first-order valence-electron chi connectivity index (χ1n) is 6.83. The van der Waals surface area contributed by atoms with Crippen LogP contribution in [0.15, 0.2) is 54.6 Å². The second-order valence-corrected chi connectivity index (χ2v) is 6.37. The lowest BCUT2D eigenvalue weighted by atomic mass is 10.2.